The molecule has 0 saturated carbocycles. The Labute approximate surface area is 132 Å². The summed E-state index contributed by atoms with van der Waals surface area (Å²) in [6.45, 7) is 8.58. The number of nitrogens with zero attached hydrogens (tertiary/aromatic N) is 3. The summed E-state index contributed by atoms with van der Waals surface area (Å²) in [5, 5.41) is 0. The third kappa shape index (κ3) is 3.15. The maximum atomic E-state index is 12.4. The van der Waals surface area contributed by atoms with Gasteiger partial charge in [-0.15, -0.1) is 0 Å². The summed E-state index contributed by atoms with van der Waals surface area (Å²) in [4.78, 5) is 21.1. The fourth-order valence-corrected chi connectivity index (χ4v) is 3.44. The zero-order valence-electron chi connectivity index (χ0n) is 13.5. The van der Waals surface area contributed by atoms with Crippen molar-refractivity contribution in [3.63, 3.8) is 0 Å². The molecule has 0 atom stereocenters. The molecule has 5 nitrogen and oxygen atoms in total. The average molecular weight is 303 g/mol. The molecule has 0 bridgehead atoms. The number of amides is 1. The number of likely N-dealkylation sites (tertiary alicyclic amines) is 1. The van der Waals surface area contributed by atoms with Crippen LogP contribution in [0, 0.1) is 6.92 Å². The van der Waals surface area contributed by atoms with Crippen molar-refractivity contribution in [1.29, 1.82) is 0 Å². The molecule has 0 aromatic carbocycles. The lowest BCUT2D eigenvalue weighted by atomic mass is 9.99. The number of ether oxygens (including phenoxy) is 1. The van der Waals surface area contributed by atoms with Gasteiger partial charge in [0.15, 0.2) is 0 Å². The van der Waals surface area contributed by atoms with Crippen molar-refractivity contribution >= 4 is 5.91 Å². The van der Waals surface area contributed by atoms with E-state index in [9.17, 15) is 4.79 Å². The minimum absolute atomic E-state index is 0.104. The Morgan fingerprint density at radius 1 is 1.32 bits per heavy atom. The van der Waals surface area contributed by atoms with Gasteiger partial charge in [-0.25, -0.2) is 0 Å². The summed E-state index contributed by atoms with van der Waals surface area (Å²) >= 11 is 0. The van der Waals surface area contributed by atoms with E-state index in [1.807, 2.05) is 24.0 Å². The molecule has 0 N–H and O–H groups in total. The predicted octanol–water partition coefficient (Wildman–Crippen LogP) is 1.72. The average Bonchev–Trinajstić information content (AvgIpc) is 2.51. The Balaban J connectivity index is 1.56. The van der Waals surface area contributed by atoms with E-state index in [2.05, 4.69) is 16.8 Å². The van der Waals surface area contributed by atoms with Gasteiger partial charge < -0.3 is 9.64 Å². The monoisotopic (exact) mass is 303 g/mol. The van der Waals surface area contributed by atoms with Crippen LogP contribution < -0.4 is 0 Å². The summed E-state index contributed by atoms with van der Waals surface area (Å²) in [5.74, 6) is 0.104. The summed E-state index contributed by atoms with van der Waals surface area (Å²) in [6, 6.07) is 4.87. The normalized spacial score (nSPS) is 20.2. The van der Waals surface area contributed by atoms with E-state index in [0.29, 0.717) is 17.6 Å². The Bertz CT molecular complexity index is 505. The van der Waals surface area contributed by atoms with Gasteiger partial charge in [0.05, 0.1) is 5.56 Å². The second-order valence-electron chi connectivity index (χ2n) is 6.23. The van der Waals surface area contributed by atoms with Gasteiger partial charge in [0.1, 0.15) is 0 Å². The Morgan fingerprint density at radius 2 is 2.05 bits per heavy atom. The lowest BCUT2D eigenvalue weighted by Gasteiger charge is -2.48. The highest BCUT2D eigenvalue weighted by atomic mass is 16.5. The minimum Gasteiger partial charge on any atom is -0.381 e. The minimum atomic E-state index is 0.104. The van der Waals surface area contributed by atoms with E-state index in [1.165, 1.54) is 0 Å². The van der Waals surface area contributed by atoms with Crippen molar-refractivity contribution in [3.05, 3.63) is 29.6 Å². The first-order valence-corrected chi connectivity index (χ1v) is 8.24. The van der Waals surface area contributed by atoms with Crippen molar-refractivity contribution in [2.45, 2.75) is 38.8 Å². The SMILES string of the molecule is CCN(C1CCOCC1)C1CN(C(=O)c2ccc(C)nc2)C1. The van der Waals surface area contributed by atoms with Crippen LogP contribution in [0.4, 0.5) is 0 Å². The van der Waals surface area contributed by atoms with Crippen molar-refractivity contribution in [2.75, 3.05) is 32.8 Å². The van der Waals surface area contributed by atoms with Crippen molar-refractivity contribution in [1.82, 2.24) is 14.8 Å². The molecule has 2 fully saturated rings. The molecule has 0 unspecified atom stereocenters. The van der Waals surface area contributed by atoms with Gasteiger partial charge in [-0.2, -0.15) is 0 Å². The fraction of sp³-hybridized carbons (Fsp3) is 0.647. The standard InChI is InChI=1S/C17H25N3O2/c1-3-20(15-6-8-22-9-7-15)16-11-19(12-16)17(21)14-5-4-13(2)18-10-14/h4-5,10,15-16H,3,6-9,11-12H2,1-2H3. The Morgan fingerprint density at radius 3 is 2.64 bits per heavy atom. The Hall–Kier alpha value is -1.46. The molecule has 2 aliphatic rings. The maximum absolute atomic E-state index is 12.4. The highest BCUT2D eigenvalue weighted by Gasteiger charge is 2.37. The smallest absolute Gasteiger partial charge is 0.255 e. The molecule has 120 valence electrons. The number of carbonyl (C=O) groups excluding carboxylic acids is 1. The quantitative estimate of drug-likeness (QED) is 0.849. The lowest BCUT2D eigenvalue weighted by molar-refractivity contribution is -0.0222. The van der Waals surface area contributed by atoms with E-state index in [4.69, 9.17) is 4.74 Å². The zero-order chi connectivity index (χ0) is 15.5. The number of hydrogen-bond acceptors (Lipinski definition) is 4. The van der Waals surface area contributed by atoms with E-state index in [1.54, 1.807) is 6.20 Å². The van der Waals surface area contributed by atoms with Gasteiger partial charge in [0.2, 0.25) is 0 Å². The van der Waals surface area contributed by atoms with Crippen molar-refractivity contribution in [3.8, 4) is 0 Å². The van der Waals surface area contributed by atoms with E-state index < -0.39 is 0 Å². The first-order chi connectivity index (χ1) is 10.7. The second kappa shape index (κ2) is 6.75. The zero-order valence-corrected chi connectivity index (χ0v) is 13.5. The van der Waals surface area contributed by atoms with Gasteiger partial charge in [-0.05, 0) is 38.4 Å². The van der Waals surface area contributed by atoms with Crippen LogP contribution in [0.2, 0.25) is 0 Å². The summed E-state index contributed by atoms with van der Waals surface area (Å²) in [6.07, 6.45) is 3.90. The molecule has 5 heteroatoms. The molecule has 0 spiro atoms. The van der Waals surface area contributed by atoms with Crippen LogP contribution in [0.3, 0.4) is 0 Å². The Kier molecular flexibility index (Phi) is 4.74. The number of pyridine rings is 1. The summed E-state index contributed by atoms with van der Waals surface area (Å²) in [7, 11) is 0. The molecule has 1 amide bonds. The number of carbonyl (C=O) groups is 1. The van der Waals surface area contributed by atoms with Gasteiger partial charge in [0.25, 0.3) is 5.91 Å². The highest BCUT2D eigenvalue weighted by molar-refractivity contribution is 5.94. The second-order valence-corrected chi connectivity index (χ2v) is 6.23. The number of aromatic nitrogens is 1. The van der Waals surface area contributed by atoms with Gasteiger partial charge in [-0.1, -0.05) is 6.92 Å². The number of likely N-dealkylation sites (N-methyl/N-ethyl adjacent to an activating group) is 1. The molecule has 1 aromatic rings. The topological polar surface area (TPSA) is 45.7 Å². The summed E-state index contributed by atoms with van der Waals surface area (Å²) in [5.41, 5.74) is 1.63. The van der Waals surface area contributed by atoms with Crippen LogP contribution in [0.1, 0.15) is 35.8 Å². The van der Waals surface area contributed by atoms with Crippen LogP contribution >= 0.6 is 0 Å². The third-order valence-electron chi connectivity index (χ3n) is 4.80. The fourth-order valence-electron chi connectivity index (χ4n) is 3.44. The highest BCUT2D eigenvalue weighted by Crippen LogP contribution is 2.23. The first-order valence-electron chi connectivity index (χ1n) is 8.24. The molecular weight excluding hydrogens is 278 g/mol. The molecular formula is C17H25N3O2. The van der Waals surface area contributed by atoms with Crippen LogP contribution in [0.25, 0.3) is 0 Å². The van der Waals surface area contributed by atoms with Crippen LogP contribution in [0.5, 0.6) is 0 Å². The third-order valence-corrected chi connectivity index (χ3v) is 4.80. The van der Waals surface area contributed by atoms with Crippen LogP contribution in [0.15, 0.2) is 18.3 Å². The van der Waals surface area contributed by atoms with Gasteiger partial charge in [-0.3, -0.25) is 14.7 Å². The number of rotatable bonds is 4. The molecule has 1 aromatic heterocycles. The molecule has 3 heterocycles. The number of aryl methyl sites for hydroxylation is 1. The van der Waals surface area contributed by atoms with Gasteiger partial charge >= 0.3 is 0 Å². The van der Waals surface area contributed by atoms with E-state index in [0.717, 1.165) is 51.4 Å². The first kappa shape index (κ1) is 15.4. The molecule has 22 heavy (non-hydrogen) atoms. The lowest BCUT2D eigenvalue weighted by Crippen LogP contribution is -2.63. The maximum Gasteiger partial charge on any atom is 0.255 e. The van der Waals surface area contributed by atoms with E-state index >= 15 is 0 Å². The largest absolute Gasteiger partial charge is 0.381 e. The number of hydrogen-bond donors (Lipinski definition) is 0. The molecule has 0 aliphatic carbocycles. The molecule has 2 saturated heterocycles. The van der Waals surface area contributed by atoms with Crippen molar-refractivity contribution < 1.29 is 9.53 Å². The molecule has 2 aliphatic heterocycles. The summed E-state index contributed by atoms with van der Waals surface area (Å²) < 4.78 is 5.45. The van der Waals surface area contributed by atoms with Crippen LogP contribution in [-0.4, -0.2) is 65.6 Å². The van der Waals surface area contributed by atoms with Crippen LogP contribution in [-0.2, 0) is 4.74 Å². The van der Waals surface area contributed by atoms with Crippen molar-refractivity contribution in [2.24, 2.45) is 0 Å². The molecule has 3 rings (SSSR count). The van der Waals surface area contributed by atoms with E-state index in [-0.39, 0.29) is 5.91 Å². The predicted molar refractivity (Wildman–Crippen MR) is 84.9 cm³/mol. The molecule has 0 radical (unpaired) electrons. The van der Waals surface area contributed by atoms with Gasteiger partial charge in [0, 0.05) is 50.3 Å².